The first kappa shape index (κ1) is 14.6. The van der Waals surface area contributed by atoms with Crippen LogP contribution < -0.4 is 5.32 Å². The van der Waals surface area contributed by atoms with E-state index < -0.39 is 0 Å². The highest BCUT2D eigenvalue weighted by Gasteiger charge is 2.03. The van der Waals surface area contributed by atoms with Gasteiger partial charge in [0.2, 0.25) is 0 Å². The van der Waals surface area contributed by atoms with Crippen molar-refractivity contribution < 1.29 is 0 Å². The second kappa shape index (κ2) is 7.13. The Morgan fingerprint density at radius 3 is 2.58 bits per heavy atom. The van der Waals surface area contributed by atoms with Crippen molar-refractivity contribution >= 4 is 27.7 Å². The fourth-order valence-corrected chi connectivity index (χ4v) is 3.46. The van der Waals surface area contributed by atoms with Crippen molar-refractivity contribution in [3.8, 4) is 0 Å². The van der Waals surface area contributed by atoms with Gasteiger partial charge in [0, 0.05) is 20.8 Å². The van der Waals surface area contributed by atoms with Gasteiger partial charge < -0.3 is 5.32 Å². The lowest BCUT2D eigenvalue weighted by Gasteiger charge is -2.08. The number of hydrogen-bond acceptors (Lipinski definition) is 2. The van der Waals surface area contributed by atoms with Crippen LogP contribution in [-0.2, 0) is 6.54 Å². The van der Waals surface area contributed by atoms with E-state index >= 15 is 0 Å². The molecule has 100 valence electrons. The summed E-state index contributed by atoms with van der Waals surface area (Å²) in [6.45, 7) is 6.15. The molecule has 0 atom stereocenters. The molecule has 2 aromatic carbocycles. The second-order valence-electron chi connectivity index (χ2n) is 4.45. The monoisotopic (exact) mass is 335 g/mol. The van der Waals surface area contributed by atoms with Gasteiger partial charge in [-0.05, 0) is 43.3 Å². The van der Waals surface area contributed by atoms with E-state index in [9.17, 15) is 0 Å². The minimum absolute atomic E-state index is 0.909. The lowest BCUT2D eigenvalue weighted by molar-refractivity contribution is 0.724. The van der Waals surface area contributed by atoms with Gasteiger partial charge in [-0.15, -0.1) is 0 Å². The third-order valence-electron chi connectivity index (χ3n) is 2.82. The molecule has 0 radical (unpaired) electrons. The molecule has 0 aliphatic carbocycles. The van der Waals surface area contributed by atoms with Crippen LogP contribution in [0.15, 0.2) is 56.7 Å². The lowest BCUT2D eigenvalue weighted by Crippen LogP contribution is -2.11. The quantitative estimate of drug-likeness (QED) is 0.823. The van der Waals surface area contributed by atoms with Crippen molar-refractivity contribution in [3.05, 3.63) is 58.1 Å². The molecule has 0 aliphatic heterocycles. The van der Waals surface area contributed by atoms with Crippen molar-refractivity contribution in [1.82, 2.24) is 5.32 Å². The van der Waals surface area contributed by atoms with Crippen LogP contribution in [0.3, 0.4) is 0 Å². The summed E-state index contributed by atoms with van der Waals surface area (Å²) in [5.41, 5.74) is 2.60. The van der Waals surface area contributed by atoms with E-state index in [2.05, 4.69) is 77.6 Å². The van der Waals surface area contributed by atoms with Crippen LogP contribution in [-0.4, -0.2) is 6.54 Å². The minimum atomic E-state index is 0.909. The van der Waals surface area contributed by atoms with Gasteiger partial charge in [0.15, 0.2) is 0 Å². The van der Waals surface area contributed by atoms with Gasteiger partial charge in [0.1, 0.15) is 0 Å². The third kappa shape index (κ3) is 4.37. The molecule has 0 spiro atoms. The summed E-state index contributed by atoms with van der Waals surface area (Å²) in [6, 6.07) is 15.2. The van der Waals surface area contributed by atoms with Crippen LogP contribution in [0.4, 0.5) is 0 Å². The molecule has 0 aromatic heterocycles. The van der Waals surface area contributed by atoms with Gasteiger partial charge in [-0.3, -0.25) is 0 Å². The molecule has 0 aliphatic rings. The highest BCUT2D eigenvalue weighted by Crippen LogP contribution is 2.31. The van der Waals surface area contributed by atoms with E-state index in [0.717, 1.165) is 13.1 Å². The van der Waals surface area contributed by atoms with Crippen molar-refractivity contribution in [3.63, 3.8) is 0 Å². The number of nitrogens with one attached hydrogen (secondary N) is 1. The Morgan fingerprint density at radius 1 is 1.11 bits per heavy atom. The zero-order chi connectivity index (χ0) is 13.7. The Bertz CT molecular complexity index is 554. The first-order chi connectivity index (χ1) is 9.19. The summed E-state index contributed by atoms with van der Waals surface area (Å²) >= 11 is 5.45. The zero-order valence-electron chi connectivity index (χ0n) is 11.2. The standard InChI is InChI=1S/C16H18BrNS/c1-3-18-11-13-7-8-15(10-16(13)17)19-14-6-4-5-12(2)9-14/h4-10,18H,3,11H2,1-2H3. The topological polar surface area (TPSA) is 12.0 Å². The molecule has 19 heavy (non-hydrogen) atoms. The van der Waals surface area contributed by atoms with Gasteiger partial charge in [-0.2, -0.15) is 0 Å². The van der Waals surface area contributed by atoms with Crippen LogP contribution in [0.1, 0.15) is 18.1 Å². The van der Waals surface area contributed by atoms with E-state index in [1.165, 1.54) is 25.4 Å². The summed E-state index contributed by atoms with van der Waals surface area (Å²) in [4.78, 5) is 2.55. The SMILES string of the molecule is CCNCc1ccc(Sc2cccc(C)c2)cc1Br. The molecule has 0 amide bonds. The number of halogens is 1. The molecular weight excluding hydrogens is 318 g/mol. The molecule has 0 fully saturated rings. The Hall–Kier alpha value is -0.770. The van der Waals surface area contributed by atoms with Gasteiger partial charge >= 0.3 is 0 Å². The van der Waals surface area contributed by atoms with E-state index in [1.54, 1.807) is 11.8 Å². The maximum Gasteiger partial charge on any atom is 0.0231 e. The first-order valence-corrected chi connectivity index (χ1v) is 8.03. The smallest absolute Gasteiger partial charge is 0.0231 e. The van der Waals surface area contributed by atoms with Crippen LogP contribution in [0.5, 0.6) is 0 Å². The van der Waals surface area contributed by atoms with E-state index in [1.807, 2.05) is 0 Å². The Kier molecular flexibility index (Phi) is 5.49. The molecule has 2 aromatic rings. The van der Waals surface area contributed by atoms with Crippen LogP contribution in [0, 0.1) is 6.92 Å². The molecule has 0 unspecified atom stereocenters. The van der Waals surface area contributed by atoms with E-state index in [4.69, 9.17) is 0 Å². The molecule has 0 saturated heterocycles. The Balaban J connectivity index is 2.11. The van der Waals surface area contributed by atoms with Crippen molar-refractivity contribution in [2.24, 2.45) is 0 Å². The number of aryl methyl sites for hydroxylation is 1. The van der Waals surface area contributed by atoms with Gasteiger partial charge in [-0.25, -0.2) is 0 Å². The van der Waals surface area contributed by atoms with Crippen molar-refractivity contribution in [1.29, 1.82) is 0 Å². The molecule has 3 heteroatoms. The highest BCUT2D eigenvalue weighted by molar-refractivity contribution is 9.10. The fourth-order valence-electron chi connectivity index (χ4n) is 1.81. The van der Waals surface area contributed by atoms with Crippen LogP contribution in [0.2, 0.25) is 0 Å². The normalized spacial score (nSPS) is 10.7. The number of hydrogen-bond donors (Lipinski definition) is 1. The maximum atomic E-state index is 3.65. The predicted molar refractivity (Wildman–Crippen MR) is 86.8 cm³/mol. The Morgan fingerprint density at radius 2 is 1.89 bits per heavy atom. The molecule has 0 bridgehead atoms. The summed E-state index contributed by atoms with van der Waals surface area (Å²) in [7, 11) is 0. The summed E-state index contributed by atoms with van der Waals surface area (Å²) in [5, 5.41) is 3.35. The lowest BCUT2D eigenvalue weighted by atomic mass is 10.2. The Labute approximate surface area is 127 Å². The molecular formula is C16H18BrNS. The van der Waals surface area contributed by atoms with Crippen LogP contribution in [0.25, 0.3) is 0 Å². The number of benzene rings is 2. The zero-order valence-corrected chi connectivity index (χ0v) is 13.6. The predicted octanol–water partition coefficient (Wildman–Crippen LogP) is 5.02. The molecule has 1 nitrogen and oxygen atoms in total. The third-order valence-corrected chi connectivity index (χ3v) is 4.53. The second-order valence-corrected chi connectivity index (χ2v) is 6.45. The van der Waals surface area contributed by atoms with Gasteiger partial charge in [-0.1, -0.05) is 58.4 Å². The largest absolute Gasteiger partial charge is 0.313 e. The van der Waals surface area contributed by atoms with E-state index in [0.29, 0.717) is 0 Å². The summed E-state index contributed by atoms with van der Waals surface area (Å²) in [5.74, 6) is 0. The summed E-state index contributed by atoms with van der Waals surface area (Å²) in [6.07, 6.45) is 0. The molecule has 1 N–H and O–H groups in total. The van der Waals surface area contributed by atoms with Gasteiger partial charge in [0.25, 0.3) is 0 Å². The average molecular weight is 336 g/mol. The average Bonchev–Trinajstić information content (AvgIpc) is 2.38. The molecule has 2 rings (SSSR count). The maximum absolute atomic E-state index is 3.65. The van der Waals surface area contributed by atoms with Crippen molar-refractivity contribution in [2.45, 2.75) is 30.2 Å². The van der Waals surface area contributed by atoms with E-state index in [-0.39, 0.29) is 0 Å². The van der Waals surface area contributed by atoms with Crippen LogP contribution >= 0.6 is 27.7 Å². The number of rotatable bonds is 5. The fraction of sp³-hybridized carbons (Fsp3) is 0.250. The highest BCUT2D eigenvalue weighted by atomic mass is 79.9. The molecule has 0 heterocycles. The molecule has 0 saturated carbocycles. The van der Waals surface area contributed by atoms with Gasteiger partial charge in [0.05, 0.1) is 0 Å². The first-order valence-electron chi connectivity index (χ1n) is 6.42. The van der Waals surface area contributed by atoms with Crippen molar-refractivity contribution in [2.75, 3.05) is 6.54 Å². The minimum Gasteiger partial charge on any atom is -0.313 e. The summed E-state index contributed by atoms with van der Waals surface area (Å²) < 4.78 is 1.17.